The second-order valence-corrected chi connectivity index (χ2v) is 16.5. The standard InChI is InChI=1S/C36H54O6/c1-22(37)40-21-32(6)19-26-25-11-12-28-34(8)15-14-29(41-23(2)38)31(4,5)27(34)13-16-36(28,10)35(25,9)18-17-33(26,7)30(20-32)42-24(3)39/h11-12,27-30H,13-21H2,1-10H3/t27-,28+,29-,30-,32-,33-,34+,35-,36-/m1/s1. The van der Waals surface area contributed by atoms with E-state index in [0.717, 1.165) is 44.9 Å². The van der Waals surface area contributed by atoms with Crippen LogP contribution in [0, 0.1) is 44.3 Å². The van der Waals surface area contributed by atoms with Gasteiger partial charge in [0.15, 0.2) is 0 Å². The molecule has 0 amide bonds. The van der Waals surface area contributed by atoms with Crippen molar-refractivity contribution in [1.29, 1.82) is 0 Å². The summed E-state index contributed by atoms with van der Waals surface area (Å²) in [5, 5.41) is 0. The van der Waals surface area contributed by atoms with Gasteiger partial charge in [0.25, 0.3) is 0 Å². The third-order valence-electron chi connectivity index (χ3n) is 13.5. The Balaban J connectivity index is 1.60. The molecule has 0 N–H and O–H groups in total. The van der Waals surface area contributed by atoms with Crippen LogP contribution in [0.2, 0.25) is 0 Å². The summed E-state index contributed by atoms with van der Waals surface area (Å²) < 4.78 is 17.6. The zero-order valence-corrected chi connectivity index (χ0v) is 27.8. The first-order valence-corrected chi connectivity index (χ1v) is 16.2. The smallest absolute Gasteiger partial charge is 0.302 e. The van der Waals surface area contributed by atoms with E-state index in [9.17, 15) is 14.4 Å². The van der Waals surface area contributed by atoms with Crippen LogP contribution in [0.25, 0.3) is 0 Å². The van der Waals surface area contributed by atoms with E-state index in [1.165, 1.54) is 31.9 Å². The third-order valence-corrected chi connectivity index (χ3v) is 13.5. The molecule has 234 valence electrons. The number of hydrogen-bond acceptors (Lipinski definition) is 6. The fraction of sp³-hybridized carbons (Fsp3) is 0.806. The molecule has 6 nitrogen and oxygen atoms in total. The van der Waals surface area contributed by atoms with Crippen molar-refractivity contribution in [3.8, 4) is 0 Å². The Hall–Kier alpha value is -2.11. The van der Waals surface area contributed by atoms with Gasteiger partial charge in [0.2, 0.25) is 0 Å². The molecule has 0 bridgehead atoms. The second-order valence-electron chi connectivity index (χ2n) is 16.5. The van der Waals surface area contributed by atoms with E-state index >= 15 is 0 Å². The van der Waals surface area contributed by atoms with Crippen molar-refractivity contribution in [3.63, 3.8) is 0 Å². The van der Waals surface area contributed by atoms with Gasteiger partial charge in [0, 0.05) is 37.0 Å². The predicted octanol–water partition coefficient (Wildman–Crippen LogP) is 7.74. The number of allylic oxidation sites excluding steroid dienone is 3. The Morgan fingerprint density at radius 1 is 0.810 bits per heavy atom. The van der Waals surface area contributed by atoms with E-state index in [-0.39, 0.29) is 62.6 Å². The summed E-state index contributed by atoms with van der Waals surface area (Å²) in [5.74, 6) is 0.182. The summed E-state index contributed by atoms with van der Waals surface area (Å²) in [6, 6.07) is 0. The molecule has 5 rings (SSSR count). The van der Waals surface area contributed by atoms with Crippen molar-refractivity contribution in [3.05, 3.63) is 23.3 Å². The molecule has 0 aromatic rings. The Labute approximate surface area is 253 Å². The Morgan fingerprint density at radius 3 is 2.07 bits per heavy atom. The monoisotopic (exact) mass is 582 g/mol. The van der Waals surface area contributed by atoms with Gasteiger partial charge in [-0.05, 0) is 85.0 Å². The van der Waals surface area contributed by atoms with Gasteiger partial charge in [-0.1, -0.05) is 66.2 Å². The summed E-state index contributed by atoms with van der Waals surface area (Å²) in [7, 11) is 0. The first kappa shape index (κ1) is 31.3. The van der Waals surface area contributed by atoms with Gasteiger partial charge in [0.1, 0.15) is 12.2 Å². The molecule has 42 heavy (non-hydrogen) atoms. The van der Waals surface area contributed by atoms with Crippen molar-refractivity contribution in [1.82, 2.24) is 0 Å². The highest BCUT2D eigenvalue weighted by Crippen LogP contribution is 2.74. The lowest BCUT2D eigenvalue weighted by atomic mass is 9.35. The van der Waals surface area contributed by atoms with Crippen molar-refractivity contribution >= 4 is 17.9 Å². The van der Waals surface area contributed by atoms with Crippen molar-refractivity contribution in [2.75, 3.05) is 6.61 Å². The maximum atomic E-state index is 12.3. The first-order valence-electron chi connectivity index (χ1n) is 16.2. The number of carbonyl (C=O) groups excluding carboxylic acids is 3. The van der Waals surface area contributed by atoms with Crippen LogP contribution >= 0.6 is 0 Å². The van der Waals surface area contributed by atoms with Crippen LogP contribution in [0.5, 0.6) is 0 Å². The molecule has 0 radical (unpaired) electrons. The van der Waals surface area contributed by atoms with Crippen LogP contribution in [0.15, 0.2) is 23.3 Å². The van der Waals surface area contributed by atoms with Crippen molar-refractivity contribution in [2.45, 2.75) is 133 Å². The first-order chi connectivity index (χ1) is 19.3. The molecule has 0 aromatic carbocycles. The number of rotatable bonds is 4. The van der Waals surface area contributed by atoms with E-state index < -0.39 is 0 Å². The number of esters is 3. The highest BCUT2D eigenvalue weighted by Gasteiger charge is 2.67. The second kappa shape index (κ2) is 9.95. The SMILES string of the molecule is CC(=O)OC[C@]1(C)CC2=C3C=C[C@H]4[C@@]5(C)CC[C@@H](OC(C)=O)C(C)(C)[C@H]5CC[C@@]4(C)[C@]3(C)CC[C@@]2(C)[C@H](OC(C)=O)C1. The van der Waals surface area contributed by atoms with Gasteiger partial charge in [-0.15, -0.1) is 0 Å². The van der Waals surface area contributed by atoms with E-state index in [1.807, 2.05) is 0 Å². The minimum atomic E-state index is -0.305. The third kappa shape index (κ3) is 4.51. The molecule has 3 fully saturated rings. The summed E-state index contributed by atoms with van der Waals surface area (Å²) in [6.45, 7) is 21.5. The van der Waals surface area contributed by atoms with Crippen LogP contribution in [0.3, 0.4) is 0 Å². The van der Waals surface area contributed by atoms with Gasteiger partial charge in [-0.2, -0.15) is 0 Å². The van der Waals surface area contributed by atoms with Gasteiger partial charge in [0.05, 0.1) is 6.61 Å². The van der Waals surface area contributed by atoms with Crippen LogP contribution in [-0.4, -0.2) is 36.7 Å². The largest absolute Gasteiger partial charge is 0.465 e. The summed E-state index contributed by atoms with van der Waals surface area (Å²) >= 11 is 0. The topological polar surface area (TPSA) is 78.9 Å². The molecule has 5 aliphatic carbocycles. The number of hydrogen-bond donors (Lipinski definition) is 0. The molecule has 0 spiro atoms. The molecule has 0 saturated heterocycles. The van der Waals surface area contributed by atoms with Crippen LogP contribution in [0.4, 0.5) is 0 Å². The molecule has 5 aliphatic rings. The van der Waals surface area contributed by atoms with Crippen LogP contribution in [-0.2, 0) is 28.6 Å². The molecular formula is C36H54O6. The number of carbonyl (C=O) groups is 3. The van der Waals surface area contributed by atoms with Crippen LogP contribution in [0.1, 0.15) is 121 Å². The average molecular weight is 583 g/mol. The molecule has 3 saturated carbocycles. The fourth-order valence-electron chi connectivity index (χ4n) is 11.0. The fourth-order valence-corrected chi connectivity index (χ4v) is 11.0. The van der Waals surface area contributed by atoms with E-state index in [2.05, 4.69) is 60.6 Å². The van der Waals surface area contributed by atoms with Gasteiger partial charge < -0.3 is 14.2 Å². The van der Waals surface area contributed by atoms with Crippen LogP contribution < -0.4 is 0 Å². The van der Waals surface area contributed by atoms with E-state index in [4.69, 9.17) is 14.2 Å². The number of fused-ring (bicyclic) bond motifs is 6. The quantitative estimate of drug-likeness (QED) is 0.249. The lowest BCUT2D eigenvalue weighted by Gasteiger charge is -2.69. The summed E-state index contributed by atoms with van der Waals surface area (Å²) in [5.41, 5.74) is 2.35. The molecule has 6 heteroatoms. The predicted molar refractivity (Wildman–Crippen MR) is 162 cm³/mol. The van der Waals surface area contributed by atoms with Gasteiger partial charge in [-0.25, -0.2) is 0 Å². The molecule has 0 aliphatic heterocycles. The average Bonchev–Trinajstić information content (AvgIpc) is 2.86. The normalized spacial score (nSPS) is 45.5. The molecule has 0 heterocycles. The highest BCUT2D eigenvalue weighted by molar-refractivity contribution is 5.67. The van der Waals surface area contributed by atoms with Gasteiger partial charge in [-0.3, -0.25) is 14.4 Å². The lowest BCUT2D eigenvalue weighted by molar-refractivity contribution is -0.198. The van der Waals surface area contributed by atoms with Crippen molar-refractivity contribution < 1.29 is 28.6 Å². The minimum Gasteiger partial charge on any atom is -0.465 e. The maximum absolute atomic E-state index is 12.3. The minimum absolute atomic E-state index is 0.0213. The van der Waals surface area contributed by atoms with E-state index in [0.29, 0.717) is 24.9 Å². The zero-order valence-electron chi connectivity index (χ0n) is 27.8. The molecule has 9 atom stereocenters. The molecule has 0 aromatic heterocycles. The van der Waals surface area contributed by atoms with Gasteiger partial charge >= 0.3 is 17.9 Å². The lowest BCUT2D eigenvalue weighted by Crippen LogP contribution is -2.63. The Bertz CT molecular complexity index is 1230. The zero-order chi connectivity index (χ0) is 31.1. The highest BCUT2D eigenvalue weighted by atomic mass is 16.6. The number of ether oxygens (including phenoxy) is 3. The Kier molecular flexibility index (Phi) is 7.42. The Morgan fingerprint density at radius 2 is 1.45 bits per heavy atom. The summed E-state index contributed by atoms with van der Waals surface area (Å²) in [4.78, 5) is 36.1. The summed E-state index contributed by atoms with van der Waals surface area (Å²) in [6.07, 6.45) is 12.4. The van der Waals surface area contributed by atoms with E-state index in [1.54, 1.807) is 0 Å². The molecule has 0 unspecified atom stereocenters. The maximum Gasteiger partial charge on any atom is 0.302 e. The molecular weight excluding hydrogens is 528 g/mol. The van der Waals surface area contributed by atoms with Crippen molar-refractivity contribution in [2.24, 2.45) is 44.3 Å².